The zero-order chi connectivity index (χ0) is 24.4. The summed E-state index contributed by atoms with van der Waals surface area (Å²) in [6, 6.07) is 23.2. The van der Waals surface area contributed by atoms with E-state index in [2.05, 4.69) is 19.3 Å². The number of nitrogens with one attached hydrogen (secondary N) is 1. The molecule has 1 fully saturated rings. The summed E-state index contributed by atoms with van der Waals surface area (Å²) in [7, 11) is 0. The Bertz CT molecular complexity index is 1420. The molecule has 0 spiro atoms. The maximum absolute atomic E-state index is 14.3. The van der Waals surface area contributed by atoms with Crippen LogP contribution in [-0.4, -0.2) is 15.9 Å². The molecular weight excluding hydrogens is 479 g/mol. The fourth-order valence-electron chi connectivity index (χ4n) is 6.01. The average Bonchev–Trinajstić information content (AvgIpc) is 3.24. The first-order valence-corrected chi connectivity index (χ1v) is 12.5. The Morgan fingerprint density at radius 2 is 1.46 bits per heavy atom. The minimum Gasteiger partial charge on any atom is -0.272 e. The van der Waals surface area contributed by atoms with Gasteiger partial charge in [-0.1, -0.05) is 73.4 Å². The quantitative estimate of drug-likeness (QED) is 0.306. The van der Waals surface area contributed by atoms with Crippen LogP contribution in [0.3, 0.4) is 0 Å². The van der Waals surface area contributed by atoms with Crippen molar-refractivity contribution in [2.75, 3.05) is 5.01 Å². The Kier molecular flexibility index (Phi) is 5.06. The van der Waals surface area contributed by atoms with Crippen LogP contribution in [0.25, 0.3) is 11.0 Å². The zero-order valence-corrected chi connectivity index (χ0v) is 20.9. The first kappa shape index (κ1) is 22.3. The molecule has 0 saturated heterocycles. The lowest BCUT2D eigenvalue weighted by atomic mass is 9.68. The molecule has 2 aliphatic carbocycles. The van der Waals surface area contributed by atoms with Crippen molar-refractivity contribution in [3.63, 3.8) is 0 Å². The van der Waals surface area contributed by atoms with E-state index in [0.717, 1.165) is 29.2 Å². The highest BCUT2D eigenvalue weighted by atomic mass is 35.5. The number of benzene rings is 3. The fraction of sp³-hybridized carbons (Fsp3) is 0.250. The van der Waals surface area contributed by atoms with Crippen molar-refractivity contribution < 1.29 is 4.79 Å². The van der Waals surface area contributed by atoms with Crippen LogP contribution in [0.5, 0.6) is 0 Å². The molecule has 6 rings (SSSR count). The van der Waals surface area contributed by atoms with Gasteiger partial charge in [0.15, 0.2) is 0 Å². The van der Waals surface area contributed by atoms with Gasteiger partial charge in [-0.3, -0.25) is 15.2 Å². The van der Waals surface area contributed by atoms with Crippen LogP contribution in [0.1, 0.15) is 44.0 Å². The van der Waals surface area contributed by atoms with E-state index in [1.54, 1.807) is 12.1 Å². The molecule has 1 amide bonds. The summed E-state index contributed by atoms with van der Waals surface area (Å²) in [4.78, 5) is 24.3. The second kappa shape index (κ2) is 7.94. The van der Waals surface area contributed by atoms with Crippen LogP contribution in [0, 0.1) is 5.41 Å². The molecule has 1 aromatic heterocycles. The van der Waals surface area contributed by atoms with E-state index >= 15 is 0 Å². The molecule has 2 bridgehead atoms. The molecule has 7 heteroatoms. The summed E-state index contributed by atoms with van der Waals surface area (Å²) in [5, 5.41) is 2.72. The highest BCUT2D eigenvalue weighted by Crippen LogP contribution is 2.67. The van der Waals surface area contributed by atoms with Crippen molar-refractivity contribution in [3.05, 3.63) is 94.2 Å². The SMILES string of the molecule is CC1(C)C2CCC1(C(=O)NN(c1ccccc1)c1ccccc1)c1nc3cc(Cl)c(Cl)cc3nc12. The Hall–Kier alpha value is -3.15. The fourth-order valence-corrected chi connectivity index (χ4v) is 6.32. The summed E-state index contributed by atoms with van der Waals surface area (Å²) in [6.07, 6.45) is 1.59. The standard InChI is InChI=1S/C28H24Cl2N4O/c1-27(2)19-13-14-28(27,25-24(19)31-22-15-20(29)21(30)16-23(22)32-25)26(35)33-34(17-9-5-3-6-10-17)18-11-7-4-8-12-18/h3-12,15-16,19H,13-14H2,1-2H3,(H,33,35). The van der Waals surface area contributed by atoms with E-state index in [1.165, 1.54) is 0 Å². The number of anilines is 2. The molecule has 0 aliphatic heterocycles. The maximum Gasteiger partial charge on any atom is 0.251 e. The normalized spacial score (nSPS) is 21.7. The van der Waals surface area contributed by atoms with Crippen molar-refractivity contribution in [2.24, 2.45) is 5.41 Å². The molecule has 35 heavy (non-hydrogen) atoms. The number of aromatic nitrogens is 2. The number of hydrogen-bond acceptors (Lipinski definition) is 4. The molecule has 4 aromatic rings. The van der Waals surface area contributed by atoms with E-state index in [1.807, 2.05) is 65.7 Å². The number of hydrogen-bond donors (Lipinski definition) is 1. The van der Waals surface area contributed by atoms with Gasteiger partial charge in [-0.25, -0.2) is 9.97 Å². The van der Waals surface area contributed by atoms with Crippen molar-refractivity contribution in [3.8, 4) is 0 Å². The van der Waals surface area contributed by atoms with Crippen LogP contribution in [0.15, 0.2) is 72.8 Å². The Morgan fingerprint density at radius 3 is 2.03 bits per heavy atom. The van der Waals surface area contributed by atoms with Gasteiger partial charge >= 0.3 is 0 Å². The number of halogens is 2. The lowest BCUT2D eigenvalue weighted by molar-refractivity contribution is -0.130. The zero-order valence-electron chi connectivity index (χ0n) is 19.4. The summed E-state index contributed by atoms with van der Waals surface area (Å²) in [5.74, 6) is 0.0571. The number of amides is 1. The van der Waals surface area contributed by atoms with Crippen LogP contribution < -0.4 is 10.4 Å². The third kappa shape index (κ3) is 3.18. The highest BCUT2D eigenvalue weighted by molar-refractivity contribution is 6.42. The van der Waals surface area contributed by atoms with Crippen LogP contribution in [0.4, 0.5) is 11.4 Å². The second-order valence-electron chi connectivity index (χ2n) is 9.88. The number of nitrogens with zero attached hydrogens (tertiary/aromatic N) is 3. The average molecular weight is 503 g/mol. The van der Waals surface area contributed by atoms with Crippen LogP contribution in [0.2, 0.25) is 10.0 Å². The van der Waals surface area contributed by atoms with Crippen molar-refractivity contribution in [1.29, 1.82) is 0 Å². The molecule has 5 nitrogen and oxygen atoms in total. The van der Waals surface area contributed by atoms with Crippen LogP contribution >= 0.6 is 23.2 Å². The smallest absolute Gasteiger partial charge is 0.251 e. The predicted octanol–water partition coefficient (Wildman–Crippen LogP) is 6.96. The topological polar surface area (TPSA) is 58.1 Å². The maximum atomic E-state index is 14.3. The van der Waals surface area contributed by atoms with E-state index in [-0.39, 0.29) is 17.2 Å². The number of rotatable bonds is 4. The molecule has 1 saturated carbocycles. The van der Waals surface area contributed by atoms with Gasteiger partial charge in [0, 0.05) is 5.92 Å². The first-order chi connectivity index (χ1) is 16.8. The molecule has 2 atom stereocenters. The van der Waals surface area contributed by atoms with E-state index in [0.29, 0.717) is 27.5 Å². The molecule has 2 aliphatic rings. The largest absolute Gasteiger partial charge is 0.272 e. The lowest BCUT2D eigenvalue weighted by Gasteiger charge is -2.38. The summed E-state index contributed by atoms with van der Waals surface area (Å²) >= 11 is 12.5. The van der Waals surface area contributed by atoms with Crippen molar-refractivity contribution in [1.82, 2.24) is 15.4 Å². The van der Waals surface area contributed by atoms with Gasteiger partial charge in [-0.05, 0) is 54.7 Å². The molecule has 1 N–H and O–H groups in total. The second-order valence-corrected chi connectivity index (χ2v) is 10.7. The molecule has 0 radical (unpaired) electrons. The van der Waals surface area contributed by atoms with Gasteiger partial charge in [0.05, 0.1) is 43.8 Å². The third-order valence-corrected chi connectivity index (χ3v) is 8.60. The Morgan fingerprint density at radius 1 is 0.914 bits per heavy atom. The first-order valence-electron chi connectivity index (χ1n) is 11.7. The molecular formula is C28H24Cl2N4O. The lowest BCUT2D eigenvalue weighted by Crippen LogP contribution is -2.54. The summed E-state index contributed by atoms with van der Waals surface area (Å²) < 4.78 is 0. The predicted molar refractivity (Wildman–Crippen MR) is 140 cm³/mol. The van der Waals surface area contributed by atoms with E-state index in [9.17, 15) is 4.79 Å². The number of carbonyl (C=O) groups is 1. The van der Waals surface area contributed by atoms with Gasteiger partial charge in [-0.2, -0.15) is 0 Å². The highest BCUT2D eigenvalue weighted by Gasteiger charge is 2.68. The van der Waals surface area contributed by atoms with Gasteiger partial charge in [0.25, 0.3) is 5.91 Å². The molecule has 176 valence electrons. The van der Waals surface area contributed by atoms with E-state index < -0.39 is 5.41 Å². The van der Waals surface area contributed by atoms with E-state index in [4.69, 9.17) is 33.2 Å². The van der Waals surface area contributed by atoms with Gasteiger partial charge in [0.2, 0.25) is 0 Å². The summed E-state index contributed by atoms with van der Waals surface area (Å²) in [6.45, 7) is 4.32. The number of hydrazine groups is 1. The monoisotopic (exact) mass is 502 g/mol. The van der Waals surface area contributed by atoms with Crippen molar-refractivity contribution in [2.45, 2.75) is 38.0 Å². The molecule has 3 aromatic carbocycles. The number of fused-ring (bicyclic) bond motifs is 6. The minimum absolute atomic E-state index is 0.0785. The molecule has 2 unspecified atom stereocenters. The minimum atomic E-state index is -0.817. The Balaban J connectivity index is 1.48. The van der Waals surface area contributed by atoms with Gasteiger partial charge in [0.1, 0.15) is 5.41 Å². The van der Waals surface area contributed by atoms with Crippen LogP contribution in [-0.2, 0) is 10.2 Å². The third-order valence-electron chi connectivity index (χ3n) is 7.88. The summed E-state index contributed by atoms with van der Waals surface area (Å²) in [5.41, 5.74) is 6.83. The number of carbonyl (C=O) groups excluding carboxylic acids is 1. The van der Waals surface area contributed by atoms with Gasteiger partial charge in [-0.15, -0.1) is 0 Å². The number of para-hydroxylation sites is 2. The van der Waals surface area contributed by atoms with Gasteiger partial charge < -0.3 is 0 Å². The van der Waals surface area contributed by atoms with Crippen molar-refractivity contribution >= 4 is 51.5 Å². The molecule has 1 heterocycles. The Labute approximate surface area is 214 Å².